The summed E-state index contributed by atoms with van der Waals surface area (Å²) in [5.41, 5.74) is 0. The zero-order chi connectivity index (χ0) is 15.0. The van der Waals surface area contributed by atoms with Gasteiger partial charge in [-0.05, 0) is 25.9 Å². The summed E-state index contributed by atoms with van der Waals surface area (Å²) in [7, 11) is -3.39. The second-order valence-corrected chi connectivity index (χ2v) is 6.57. The van der Waals surface area contributed by atoms with Crippen LogP contribution in [-0.4, -0.2) is 48.7 Å². The minimum absolute atomic E-state index is 0.280. The molecule has 0 amide bonds. The fraction of sp³-hybridized carbons (Fsp3) is 0.769. The zero-order valence-corrected chi connectivity index (χ0v) is 13.5. The van der Waals surface area contributed by atoms with Gasteiger partial charge >= 0.3 is 0 Å². The Bertz CT molecular complexity index is 480. The molecule has 1 N–H and O–H groups in total. The van der Waals surface area contributed by atoms with Crippen LogP contribution in [-0.2, 0) is 16.6 Å². The first-order valence-corrected chi connectivity index (χ1v) is 8.73. The average Bonchev–Trinajstić information content (AvgIpc) is 2.89. The molecule has 0 unspecified atom stereocenters. The fourth-order valence-corrected chi connectivity index (χ4v) is 3.39. The molecule has 0 aliphatic heterocycles. The quantitative estimate of drug-likeness (QED) is 0.662. The minimum Gasteiger partial charge on any atom is -0.317 e. The summed E-state index contributed by atoms with van der Waals surface area (Å²) in [5, 5.41) is 7.45. The first-order valence-electron chi connectivity index (χ1n) is 7.29. The fourth-order valence-electron chi connectivity index (χ4n) is 1.98. The van der Waals surface area contributed by atoms with E-state index in [9.17, 15) is 8.42 Å². The van der Waals surface area contributed by atoms with Crippen molar-refractivity contribution in [2.24, 2.45) is 0 Å². The predicted molar refractivity (Wildman–Crippen MR) is 80.1 cm³/mol. The predicted octanol–water partition coefficient (Wildman–Crippen LogP) is 1.30. The highest BCUT2D eigenvalue weighted by Crippen LogP contribution is 2.14. The maximum absolute atomic E-state index is 12.3. The maximum atomic E-state index is 12.3. The van der Waals surface area contributed by atoms with Crippen molar-refractivity contribution in [3.8, 4) is 0 Å². The Hall–Kier alpha value is -0.920. The molecule has 0 aromatic carbocycles. The van der Waals surface area contributed by atoms with Gasteiger partial charge in [-0.15, -0.1) is 0 Å². The topological polar surface area (TPSA) is 67.2 Å². The van der Waals surface area contributed by atoms with Gasteiger partial charge in [0.1, 0.15) is 4.90 Å². The molecule has 0 saturated carbocycles. The van der Waals surface area contributed by atoms with Gasteiger partial charge in [-0.2, -0.15) is 9.40 Å². The third-order valence-electron chi connectivity index (χ3n) is 3.12. The monoisotopic (exact) mass is 302 g/mol. The molecule has 0 aliphatic rings. The zero-order valence-electron chi connectivity index (χ0n) is 12.7. The van der Waals surface area contributed by atoms with Crippen LogP contribution in [0.5, 0.6) is 0 Å². The van der Waals surface area contributed by atoms with Crippen LogP contribution in [0.3, 0.4) is 0 Å². The molecule has 7 heteroatoms. The van der Waals surface area contributed by atoms with Gasteiger partial charge in [0.15, 0.2) is 0 Å². The summed E-state index contributed by atoms with van der Waals surface area (Å²) < 4.78 is 27.7. The highest BCUT2D eigenvalue weighted by atomic mass is 32.2. The Kier molecular flexibility index (Phi) is 7.18. The molecule has 1 aromatic rings. The molecular formula is C13H26N4O2S. The van der Waals surface area contributed by atoms with Gasteiger partial charge in [0.25, 0.3) is 0 Å². The van der Waals surface area contributed by atoms with Gasteiger partial charge in [0.2, 0.25) is 10.0 Å². The standard InChI is InChI=1S/C13H26N4O2S/c1-4-8-14-9-7-10-16-12-13(11-15-16)20(18,19)17(5-2)6-3/h11-12,14H,4-10H2,1-3H3. The maximum Gasteiger partial charge on any atom is 0.246 e. The molecule has 6 nitrogen and oxygen atoms in total. The molecule has 1 rings (SSSR count). The van der Waals surface area contributed by atoms with E-state index in [-0.39, 0.29) is 4.90 Å². The summed E-state index contributed by atoms with van der Waals surface area (Å²) >= 11 is 0. The van der Waals surface area contributed by atoms with Crippen LogP contribution in [0.1, 0.15) is 33.6 Å². The molecular weight excluding hydrogens is 276 g/mol. The summed E-state index contributed by atoms with van der Waals surface area (Å²) in [5.74, 6) is 0. The first-order chi connectivity index (χ1) is 9.56. The molecule has 1 aromatic heterocycles. The number of hydrogen-bond acceptors (Lipinski definition) is 4. The largest absolute Gasteiger partial charge is 0.317 e. The average molecular weight is 302 g/mol. The van der Waals surface area contributed by atoms with E-state index in [0.29, 0.717) is 13.1 Å². The minimum atomic E-state index is -3.39. The lowest BCUT2D eigenvalue weighted by Gasteiger charge is -2.16. The molecule has 0 fully saturated rings. The number of aryl methyl sites for hydroxylation is 1. The molecule has 0 saturated heterocycles. The number of nitrogens with one attached hydrogen (secondary N) is 1. The molecule has 1 heterocycles. The Labute approximate surface area is 122 Å². The van der Waals surface area contributed by atoms with Crippen molar-refractivity contribution in [2.75, 3.05) is 26.2 Å². The summed E-state index contributed by atoms with van der Waals surface area (Å²) in [6.45, 7) is 9.42. The molecule has 0 spiro atoms. The van der Waals surface area contributed by atoms with Crippen molar-refractivity contribution in [3.63, 3.8) is 0 Å². The molecule has 0 atom stereocenters. The van der Waals surface area contributed by atoms with Crippen LogP contribution in [0.2, 0.25) is 0 Å². The Morgan fingerprint density at radius 3 is 2.55 bits per heavy atom. The SMILES string of the molecule is CCCNCCCn1cc(S(=O)(=O)N(CC)CC)cn1. The normalized spacial score (nSPS) is 12.2. The van der Waals surface area contributed by atoms with Gasteiger partial charge < -0.3 is 5.32 Å². The van der Waals surface area contributed by atoms with Gasteiger partial charge in [-0.25, -0.2) is 8.42 Å². The van der Waals surface area contributed by atoms with E-state index in [1.165, 1.54) is 10.5 Å². The van der Waals surface area contributed by atoms with Crippen LogP contribution in [0, 0.1) is 0 Å². The second kappa shape index (κ2) is 8.39. The summed E-state index contributed by atoms with van der Waals surface area (Å²) in [4.78, 5) is 0.280. The van der Waals surface area contributed by atoms with Crippen LogP contribution in [0.4, 0.5) is 0 Å². The van der Waals surface area contributed by atoms with Gasteiger partial charge in [0.05, 0.1) is 6.20 Å². The highest BCUT2D eigenvalue weighted by Gasteiger charge is 2.23. The molecule has 0 bridgehead atoms. The third-order valence-corrected chi connectivity index (χ3v) is 5.12. The van der Waals surface area contributed by atoms with E-state index in [1.54, 1.807) is 10.9 Å². The van der Waals surface area contributed by atoms with Gasteiger partial charge in [0, 0.05) is 25.8 Å². The lowest BCUT2D eigenvalue weighted by molar-refractivity contribution is 0.445. The van der Waals surface area contributed by atoms with Crippen molar-refractivity contribution in [1.82, 2.24) is 19.4 Å². The number of rotatable bonds is 10. The van der Waals surface area contributed by atoms with Crippen molar-refractivity contribution in [3.05, 3.63) is 12.4 Å². The van der Waals surface area contributed by atoms with E-state index < -0.39 is 10.0 Å². The van der Waals surface area contributed by atoms with Crippen LogP contribution in [0.25, 0.3) is 0 Å². The number of hydrogen-bond donors (Lipinski definition) is 1. The van der Waals surface area contributed by atoms with Crippen LogP contribution < -0.4 is 5.32 Å². The smallest absolute Gasteiger partial charge is 0.246 e. The number of nitrogens with zero attached hydrogens (tertiary/aromatic N) is 3. The summed E-state index contributed by atoms with van der Waals surface area (Å²) in [6.07, 6.45) is 5.11. The van der Waals surface area contributed by atoms with E-state index in [0.717, 1.165) is 32.5 Å². The lowest BCUT2D eigenvalue weighted by Crippen LogP contribution is -2.30. The van der Waals surface area contributed by atoms with E-state index in [4.69, 9.17) is 0 Å². The molecule has 0 radical (unpaired) electrons. The lowest BCUT2D eigenvalue weighted by atomic mass is 10.4. The van der Waals surface area contributed by atoms with E-state index in [1.807, 2.05) is 13.8 Å². The van der Waals surface area contributed by atoms with Crippen molar-refractivity contribution in [1.29, 1.82) is 0 Å². The molecule has 0 aliphatic carbocycles. The highest BCUT2D eigenvalue weighted by molar-refractivity contribution is 7.89. The van der Waals surface area contributed by atoms with Gasteiger partial charge in [-0.1, -0.05) is 20.8 Å². The van der Waals surface area contributed by atoms with E-state index in [2.05, 4.69) is 17.3 Å². The van der Waals surface area contributed by atoms with E-state index >= 15 is 0 Å². The second-order valence-electron chi connectivity index (χ2n) is 4.63. The molecule has 20 heavy (non-hydrogen) atoms. The van der Waals surface area contributed by atoms with Crippen LogP contribution in [0.15, 0.2) is 17.3 Å². The van der Waals surface area contributed by atoms with Crippen molar-refractivity contribution >= 4 is 10.0 Å². The van der Waals surface area contributed by atoms with Crippen molar-refractivity contribution in [2.45, 2.75) is 45.1 Å². The first kappa shape index (κ1) is 17.1. The number of sulfonamides is 1. The molecule has 116 valence electrons. The number of aromatic nitrogens is 2. The Balaban J connectivity index is 2.58. The third kappa shape index (κ3) is 4.57. The van der Waals surface area contributed by atoms with Gasteiger partial charge in [-0.3, -0.25) is 4.68 Å². The van der Waals surface area contributed by atoms with Crippen LogP contribution >= 0.6 is 0 Å². The Morgan fingerprint density at radius 1 is 1.25 bits per heavy atom. The summed E-state index contributed by atoms with van der Waals surface area (Å²) in [6, 6.07) is 0. The van der Waals surface area contributed by atoms with Crippen molar-refractivity contribution < 1.29 is 8.42 Å². The Morgan fingerprint density at radius 2 is 1.95 bits per heavy atom.